The van der Waals surface area contributed by atoms with Crippen LogP contribution in [0.3, 0.4) is 0 Å². The maximum absolute atomic E-state index is 3.02. The Kier molecular flexibility index (Phi) is 30.3. The summed E-state index contributed by atoms with van der Waals surface area (Å²) in [6, 6.07) is 0. The molecule has 0 radical (unpaired) electrons. The Labute approximate surface area is 327 Å². The maximum atomic E-state index is 2.79. The first-order valence-corrected chi connectivity index (χ1v) is 31.9. The molecule has 0 saturated carbocycles. The van der Waals surface area contributed by atoms with E-state index < -0.39 is 3.45 Å². The summed E-state index contributed by atoms with van der Waals surface area (Å²) >= 11 is 2.32. The molecule has 0 aliphatic carbocycles. The molecule has 1 unspecified atom stereocenters. The summed E-state index contributed by atoms with van der Waals surface area (Å²) in [7, 11) is 12.8. The van der Waals surface area contributed by atoms with Crippen molar-refractivity contribution in [3.8, 4) is 0 Å². The molecule has 294 valence electrons. The lowest BCUT2D eigenvalue weighted by Gasteiger charge is -2.83. The molecule has 0 heterocycles. The predicted octanol–water partition coefficient (Wildman–Crippen LogP) is 18.5. The number of unbranched alkanes of at least 4 members (excludes halogenated alkanes) is 18. The van der Waals surface area contributed by atoms with Gasteiger partial charge in [0.15, 0.2) is 0 Å². The van der Waals surface area contributed by atoms with Crippen molar-refractivity contribution in [2.24, 2.45) is 0 Å². The first-order valence-electron chi connectivity index (χ1n) is 21.0. The normalized spacial score (nSPS) is 14.8. The molecule has 7 heteroatoms. The zero-order valence-corrected chi connectivity index (χ0v) is 40.0. The molecule has 0 aromatic carbocycles. The summed E-state index contributed by atoms with van der Waals surface area (Å²) in [5, 5.41) is 1.31. The molecule has 0 aliphatic heterocycles. The van der Waals surface area contributed by atoms with Crippen molar-refractivity contribution in [3.63, 3.8) is 0 Å². The van der Waals surface area contributed by atoms with Crippen LogP contribution in [-0.2, 0) is 0 Å². The third kappa shape index (κ3) is 17.7. The number of thioether (sulfide) groups is 1. The molecule has 0 aliphatic rings. The summed E-state index contributed by atoms with van der Waals surface area (Å²) in [6.45, 7) is 25.2. The van der Waals surface area contributed by atoms with E-state index >= 15 is 0 Å². The van der Waals surface area contributed by atoms with Crippen LogP contribution in [-0.4, -0.2) is 44.0 Å². The first-order chi connectivity index (χ1) is 23.0. The highest BCUT2D eigenvalue weighted by atomic mass is 34.4. The summed E-state index contributed by atoms with van der Waals surface area (Å²) < 4.78 is -2.78. The highest BCUT2D eigenvalue weighted by Gasteiger charge is 2.72. The number of rotatable bonds is 37. The molecule has 0 bridgehead atoms. The van der Waals surface area contributed by atoms with Crippen LogP contribution in [0.5, 0.6) is 0 Å². The van der Waals surface area contributed by atoms with Gasteiger partial charge < -0.3 is 0 Å². The van der Waals surface area contributed by atoms with E-state index in [1.807, 2.05) is 0 Å². The van der Waals surface area contributed by atoms with E-state index in [1.54, 1.807) is 0 Å². The molecule has 0 spiro atoms. The Balaban J connectivity index is 6.91. The maximum Gasteiger partial charge on any atom is 0.0297 e. The summed E-state index contributed by atoms with van der Waals surface area (Å²) in [5.74, 6) is 6.67. The van der Waals surface area contributed by atoms with Crippen LogP contribution in [0, 0.1) is 0 Å². The van der Waals surface area contributed by atoms with E-state index in [4.69, 9.17) is 0 Å². The first kappa shape index (κ1) is 50.5. The van der Waals surface area contributed by atoms with Crippen molar-refractivity contribution >= 4 is 69.2 Å². The van der Waals surface area contributed by atoms with Crippen LogP contribution >= 0.6 is 69.2 Å². The standard InChI is InChI=1S/C41H88S7/c1-11-16-20-24-26-29-33-37-45-48(46-39(6)7,47-40(8)15-5,43-35-31-27-22-18-13-3,44-36-32-28-25-21-17-12-2)41(9,10)38-42-34-30-23-19-14-4/h39-40H,11-38H2,1-10H3. The Bertz CT molecular complexity index is 746. The van der Waals surface area contributed by atoms with Gasteiger partial charge in [0.05, 0.1) is 0 Å². The molecule has 0 saturated heterocycles. The second-order valence-corrected chi connectivity index (χ2v) is 45.8. The van der Waals surface area contributed by atoms with Gasteiger partial charge >= 0.3 is 0 Å². The lowest BCUT2D eigenvalue weighted by Crippen LogP contribution is -2.45. The summed E-state index contributed by atoms with van der Waals surface area (Å²) in [6.07, 6.45) is 32.0. The molecular formula is C41H88S7. The van der Waals surface area contributed by atoms with E-state index in [0.29, 0.717) is 10.5 Å². The van der Waals surface area contributed by atoms with Gasteiger partial charge in [-0.2, -0.15) is 11.8 Å². The summed E-state index contributed by atoms with van der Waals surface area (Å²) in [4.78, 5) is 0. The minimum absolute atomic E-state index is 0.241. The second-order valence-electron chi connectivity index (χ2n) is 15.2. The monoisotopic (exact) mass is 804 g/mol. The van der Waals surface area contributed by atoms with E-state index in [0.717, 1.165) is 0 Å². The average molecular weight is 806 g/mol. The third-order valence-electron chi connectivity index (χ3n) is 9.56. The van der Waals surface area contributed by atoms with Crippen molar-refractivity contribution in [1.82, 2.24) is 0 Å². The van der Waals surface area contributed by atoms with Gasteiger partial charge in [0.1, 0.15) is 0 Å². The van der Waals surface area contributed by atoms with Crippen LogP contribution in [0.15, 0.2) is 0 Å². The van der Waals surface area contributed by atoms with Crippen LogP contribution in [0.2, 0.25) is 0 Å². The van der Waals surface area contributed by atoms with Crippen LogP contribution in [0.4, 0.5) is 0 Å². The Morgan fingerprint density at radius 2 is 0.771 bits per heavy atom. The SMILES string of the molecule is CCCCCCCCCSS(SCCCCCCC)(SCCCCCCCC)(SC(C)C)(SC(C)CC)C(C)(C)CSCCCCCC. The van der Waals surface area contributed by atoms with Gasteiger partial charge in [0.2, 0.25) is 0 Å². The molecule has 0 fully saturated rings. The van der Waals surface area contributed by atoms with Gasteiger partial charge in [-0.3, -0.25) is 0 Å². The van der Waals surface area contributed by atoms with Crippen molar-refractivity contribution in [3.05, 3.63) is 0 Å². The fourth-order valence-corrected chi connectivity index (χ4v) is 55.0. The Morgan fingerprint density at radius 1 is 0.438 bits per heavy atom. The predicted molar refractivity (Wildman–Crippen MR) is 251 cm³/mol. The molecule has 48 heavy (non-hydrogen) atoms. The second kappa shape index (κ2) is 28.8. The van der Waals surface area contributed by atoms with Gasteiger partial charge in [0.25, 0.3) is 0 Å². The highest BCUT2D eigenvalue weighted by molar-refractivity contribution is 9.98. The van der Waals surface area contributed by atoms with Crippen molar-refractivity contribution in [1.29, 1.82) is 0 Å². The molecular weight excluding hydrogens is 717 g/mol. The fraction of sp³-hybridized carbons (Fsp3) is 1.00. The van der Waals surface area contributed by atoms with E-state index in [2.05, 4.69) is 135 Å². The number of hydrogen-bond acceptors (Lipinski definition) is 6. The van der Waals surface area contributed by atoms with Crippen molar-refractivity contribution < 1.29 is 0 Å². The third-order valence-corrected chi connectivity index (χ3v) is 51.8. The van der Waals surface area contributed by atoms with Gasteiger partial charge in [-0.1, -0.05) is 228 Å². The highest BCUT2D eigenvalue weighted by Crippen LogP contribution is 3.26. The lowest BCUT2D eigenvalue weighted by molar-refractivity contribution is 0.604. The lowest BCUT2D eigenvalue weighted by atomic mass is 10.1. The number of hydrogen-bond donors (Lipinski definition) is 0. The Morgan fingerprint density at radius 3 is 1.12 bits per heavy atom. The molecule has 0 aromatic heterocycles. The molecule has 0 aromatic rings. The van der Waals surface area contributed by atoms with Gasteiger partial charge in [-0.15, -0.1) is 0 Å². The largest absolute Gasteiger partial charge is 0.161 e. The van der Waals surface area contributed by atoms with E-state index in [-0.39, 0.29) is 4.75 Å². The molecule has 0 amide bonds. The van der Waals surface area contributed by atoms with E-state index in [9.17, 15) is 0 Å². The summed E-state index contributed by atoms with van der Waals surface area (Å²) in [5.41, 5.74) is 0. The zero-order valence-electron chi connectivity index (χ0n) is 34.3. The molecule has 1 atom stereocenters. The molecule has 0 nitrogen and oxygen atoms in total. The average Bonchev–Trinajstić information content (AvgIpc) is 3.05. The Hall–Kier alpha value is 2.45. The van der Waals surface area contributed by atoms with Gasteiger partial charge in [-0.05, 0) is 51.7 Å². The van der Waals surface area contributed by atoms with Crippen LogP contribution in [0.1, 0.15) is 217 Å². The van der Waals surface area contributed by atoms with E-state index in [1.165, 1.54) is 176 Å². The zero-order chi connectivity index (χ0) is 36.1. The minimum Gasteiger partial charge on any atom is -0.161 e. The van der Waals surface area contributed by atoms with Gasteiger partial charge in [0, 0.05) is 38.3 Å². The van der Waals surface area contributed by atoms with Crippen LogP contribution in [0.25, 0.3) is 0 Å². The molecule has 0 N–H and O–H groups in total. The van der Waals surface area contributed by atoms with Crippen molar-refractivity contribution in [2.75, 3.05) is 28.8 Å². The molecule has 0 rings (SSSR count). The smallest absolute Gasteiger partial charge is 0.0297 e. The fourth-order valence-electron chi connectivity index (χ4n) is 6.29. The van der Waals surface area contributed by atoms with Crippen LogP contribution < -0.4 is 0 Å². The quantitative estimate of drug-likeness (QED) is 0.0450. The minimum atomic E-state index is -3.02. The topological polar surface area (TPSA) is 0 Å². The van der Waals surface area contributed by atoms with Gasteiger partial charge in [-0.25, -0.2) is 0 Å². The van der Waals surface area contributed by atoms with Crippen molar-refractivity contribution in [2.45, 2.75) is 232 Å².